The van der Waals surface area contributed by atoms with Crippen LogP contribution in [-0.4, -0.2) is 24.1 Å². The van der Waals surface area contributed by atoms with Gasteiger partial charge in [0.05, 0.1) is 16.8 Å². The van der Waals surface area contributed by atoms with Crippen molar-refractivity contribution in [2.45, 2.75) is 26.5 Å². The minimum atomic E-state index is -0.813. The molecule has 0 aliphatic heterocycles. The third kappa shape index (κ3) is 7.72. The molecule has 3 rings (SSSR count). The largest absolute Gasteiger partial charge is 0.489 e. The van der Waals surface area contributed by atoms with Crippen LogP contribution >= 0.6 is 34.8 Å². The number of amides is 2. The summed E-state index contributed by atoms with van der Waals surface area (Å²) in [6.45, 7) is 3.99. The van der Waals surface area contributed by atoms with Gasteiger partial charge in [-0.1, -0.05) is 66.8 Å². The lowest BCUT2D eigenvalue weighted by Gasteiger charge is -2.20. The van der Waals surface area contributed by atoms with Crippen LogP contribution in [0.25, 0.3) is 0 Å². The van der Waals surface area contributed by atoms with Crippen LogP contribution in [-0.2, 0) is 11.4 Å². The highest BCUT2D eigenvalue weighted by Crippen LogP contribution is 2.21. The summed E-state index contributed by atoms with van der Waals surface area (Å²) in [6.07, 6.45) is 1.50. The van der Waals surface area contributed by atoms with Crippen LogP contribution in [0.3, 0.4) is 0 Å². The van der Waals surface area contributed by atoms with Crippen LogP contribution < -0.4 is 15.5 Å². The molecule has 1 unspecified atom stereocenters. The molecule has 1 atom stereocenters. The third-order valence-corrected chi connectivity index (χ3v) is 5.95. The summed E-state index contributed by atoms with van der Waals surface area (Å²) in [6, 6.07) is 18.4. The summed E-state index contributed by atoms with van der Waals surface area (Å²) < 4.78 is 5.76. The second-order valence-corrected chi connectivity index (χ2v) is 9.25. The minimum Gasteiger partial charge on any atom is -0.489 e. The van der Waals surface area contributed by atoms with Gasteiger partial charge >= 0.3 is 0 Å². The average Bonchev–Trinajstić information content (AvgIpc) is 2.82. The van der Waals surface area contributed by atoms with Crippen molar-refractivity contribution in [1.82, 2.24) is 10.7 Å². The molecule has 0 radical (unpaired) electrons. The van der Waals surface area contributed by atoms with E-state index in [1.165, 1.54) is 18.3 Å². The molecule has 3 aromatic carbocycles. The number of carbonyl (C=O) groups is 2. The number of rotatable bonds is 9. The molecule has 0 spiro atoms. The fraction of sp³-hybridized carbons (Fsp3) is 0.192. The molecule has 35 heavy (non-hydrogen) atoms. The fourth-order valence-corrected chi connectivity index (χ4v) is 3.78. The highest BCUT2D eigenvalue weighted by molar-refractivity contribution is 6.36. The van der Waals surface area contributed by atoms with E-state index in [0.29, 0.717) is 22.4 Å². The summed E-state index contributed by atoms with van der Waals surface area (Å²) in [5.74, 6) is -0.435. The Kier molecular flexibility index (Phi) is 9.55. The van der Waals surface area contributed by atoms with Gasteiger partial charge in [-0.2, -0.15) is 5.10 Å². The molecule has 0 heterocycles. The summed E-state index contributed by atoms with van der Waals surface area (Å²) in [5.41, 5.74) is 4.36. The van der Waals surface area contributed by atoms with Crippen molar-refractivity contribution in [2.24, 2.45) is 11.0 Å². The summed E-state index contributed by atoms with van der Waals surface area (Å²) in [7, 11) is 0. The number of nitrogens with zero attached hydrogens (tertiary/aromatic N) is 1. The lowest BCUT2D eigenvalue weighted by Crippen LogP contribution is -2.48. The van der Waals surface area contributed by atoms with Gasteiger partial charge in [0, 0.05) is 15.6 Å². The van der Waals surface area contributed by atoms with E-state index in [4.69, 9.17) is 39.5 Å². The summed E-state index contributed by atoms with van der Waals surface area (Å²) >= 11 is 18.1. The Hall–Kier alpha value is -3.06. The molecule has 0 aliphatic carbocycles. The first-order valence-electron chi connectivity index (χ1n) is 10.8. The topological polar surface area (TPSA) is 79.8 Å². The Balaban J connectivity index is 1.55. The second kappa shape index (κ2) is 12.6. The normalized spacial score (nSPS) is 11.9. The van der Waals surface area contributed by atoms with Gasteiger partial charge in [0.15, 0.2) is 0 Å². The van der Waals surface area contributed by atoms with Crippen LogP contribution in [0.2, 0.25) is 15.1 Å². The monoisotopic (exact) mass is 531 g/mol. The zero-order valence-corrected chi connectivity index (χ0v) is 21.4. The van der Waals surface area contributed by atoms with Crippen LogP contribution in [0.1, 0.15) is 35.3 Å². The van der Waals surface area contributed by atoms with Crippen LogP contribution in [0, 0.1) is 5.92 Å². The van der Waals surface area contributed by atoms with E-state index in [9.17, 15) is 9.59 Å². The number of halogens is 3. The van der Waals surface area contributed by atoms with E-state index in [1.54, 1.807) is 18.2 Å². The van der Waals surface area contributed by atoms with E-state index >= 15 is 0 Å². The maximum atomic E-state index is 12.7. The highest BCUT2D eigenvalue weighted by Gasteiger charge is 2.25. The van der Waals surface area contributed by atoms with E-state index in [-0.39, 0.29) is 16.5 Å². The van der Waals surface area contributed by atoms with Crippen molar-refractivity contribution in [1.29, 1.82) is 0 Å². The maximum Gasteiger partial charge on any atom is 0.262 e. The predicted octanol–water partition coefficient (Wildman–Crippen LogP) is 6.13. The molecule has 3 aromatic rings. The molecule has 0 aromatic heterocycles. The molecule has 2 amide bonds. The van der Waals surface area contributed by atoms with Crippen LogP contribution in [0.5, 0.6) is 5.75 Å². The molecule has 9 heteroatoms. The Morgan fingerprint density at radius 1 is 0.971 bits per heavy atom. The first-order chi connectivity index (χ1) is 16.7. The predicted molar refractivity (Wildman–Crippen MR) is 141 cm³/mol. The highest BCUT2D eigenvalue weighted by atomic mass is 35.5. The van der Waals surface area contributed by atoms with Crippen molar-refractivity contribution < 1.29 is 14.3 Å². The number of carbonyl (C=O) groups excluding carboxylic acids is 2. The molecule has 0 saturated heterocycles. The Labute approximate surface area is 219 Å². The van der Waals surface area contributed by atoms with E-state index in [0.717, 1.165) is 11.1 Å². The SMILES string of the molecule is CC(C)C(NC(=O)c1ccc(Cl)cc1Cl)C(=O)N/N=C/c1ccc(OCc2ccccc2Cl)cc1. The third-order valence-electron chi connectivity index (χ3n) is 5.03. The van der Waals surface area contributed by atoms with Gasteiger partial charge < -0.3 is 10.1 Å². The van der Waals surface area contributed by atoms with Gasteiger partial charge in [-0.3, -0.25) is 9.59 Å². The standard InChI is InChI=1S/C26H24Cl3N3O3/c1-16(2)24(31-25(33)21-12-9-19(27)13-23(21)29)26(34)32-30-14-17-7-10-20(11-8-17)35-15-18-5-3-4-6-22(18)28/h3-14,16,24H,15H2,1-2H3,(H,31,33)(H,32,34)/b30-14+. The number of ether oxygens (including phenoxy) is 1. The van der Waals surface area contributed by atoms with E-state index < -0.39 is 17.9 Å². The fourth-order valence-electron chi connectivity index (χ4n) is 3.09. The zero-order chi connectivity index (χ0) is 25.4. The van der Waals surface area contributed by atoms with Crippen molar-refractivity contribution in [3.63, 3.8) is 0 Å². The minimum absolute atomic E-state index is 0.185. The second-order valence-electron chi connectivity index (χ2n) is 8.00. The number of benzene rings is 3. The Morgan fingerprint density at radius 2 is 1.69 bits per heavy atom. The Morgan fingerprint density at radius 3 is 2.34 bits per heavy atom. The van der Waals surface area contributed by atoms with Crippen molar-refractivity contribution in [3.8, 4) is 5.75 Å². The van der Waals surface area contributed by atoms with Crippen molar-refractivity contribution in [3.05, 3.63) is 98.5 Å². The molecule has 2 N–H and O–H groups in total. The lowest BCUT2D eigenvalue weighted by molar-refractivity contribution is -0.123. The van der Waals surface area contributed by atoms with Gasteiger partial charge in [0.1, 0.15) is 18.4 Å². The number of nitrogens with one attached hydrogen (secondary N) is 2. The number of hydrazone groups is 1. The average molecular weight is 533 g/mol. The molecule has 0 fully saturated rings. The molecule has 0 aliphatic rings. The zero-order valence-electron chi connectivity index (χ0n) is 19.1. The first kappa shape index (κ1) is 26.5. The molecule has 0 saturated carbocycles. The van der Waals surface area contributed by atoms with Crippen molar-refractivity contribution >= 4 is 52.8 Å². The van der Waals surface area contributed by atoms with Crippen LogP contribution in [0.4, 0.5) is 0 Å². The van der Waals surface area contributed by atoms with E-state index in [1.807, 2.05) is 50.2 Å². The molecule has 182 valence electrons. The number of hydrogen-bond acceptors (Lipinski definition) is 4. The van der Waals surface area contributed by atoms with Gasteiger partial charge in [-0.25, -0.2) is 5.43 Å². The maximum absolute atomic E-state index is 12.7. The quantitative estimate of drug-likeness (QED) is 0.257. The lowest BCUT2D eigenvalue weighted by atomic mass is 10.0. The Bertz CT molecular complexity index is 1210. The molecular formula is C26H24Cl3N3O3. The molecular weight excluding hydrogens is 509 g/mol. The first-order valence-corrected chi connectivity index (χ1v) is 11.9. The molecule has 6 nitrogen and oxygen atoms in total. The summed E-state index contributed by atoms with van der Waals surface area (Å²) in [4.78, 5) is 25.3. The van der Waals surface area contributed by atoms with Gasteiger partial charge in [-0.15, -0.1) is 0 Å². The summed E-state index contributed by atoms with van der Waals surface area (Å²) in [5, 5.41) is 7.99. The van der Waals surface area contributed by atoms with Gasteiger partial charge in [-0.05, 0) is 60.0 Å². The smallest absolute Gasteiger partial charge is 0.262 e. The molecule has 0 bridgehead atoms. The van der Waals surface area contributed by atoms with Crippen molar-refractivity contribution in [2.75, 3.05) is 0 Å². The number of hydrogen-bond donors (Lipinski definition) is 2. The van der Waals surface area contributed by atoms with E-state index in [2.05, 4.69) is 15.8 Å². The van der Waals surface area contributed by atoms with Gasteiger partial charge in [0.25, 0.3) is 11.8 Å². The van der Waals surface area contributed by atoms with Crippen LogP contribution in [0.15, 0.2) is 71.8 Å². The van der Waals surface area contributed by atoms with Gasteiger partial charge in [0.2, 0.25) is 0 Å².